The molecule has 0 saturated carbocycles. The van der Waals surface area contributed by atoms with Gasteiger partial charge in [-0.05, 0) is 25.1 Å². The molecule has 0 unspecified atom stereocenters. The zero-order valence-electron chi connectivity index (χ0n) is 9.76. The molecule has 0 spiro atoms. The van der Waals surface area contributed by atoms with Crippen molar-refractivity contribution in [2.75, 3.05) is 5.73 Å². The topological polar surface area (TPSA) is 56.2 Å². The second kappa shape index (κ2) is 3.99. The fourth-order valence-electron chi connectivity index (χ4n) is 2.05. The van der Waals surface area contributed by atoms with Gasteiger partial charge in [0.25, 0.3) is 0 Å². The van der Waals surface area contributed by atoms with Gasteiger partial charge in [0, 0.05) is 21.8 Å². The molecule has 3 aromatic rings. The van der Waals surface area contributed by atoms with Gasteiger partial charge >= 0.3 is 0 Å². The summed E-state index contributed by atoms with van der Waals surface area (Å²) in [4.78, 5) is 4.13. The highest BCUT2D eigenvalue weighted by Crippen LogP contribution is 2.30. The third kappa shape index (κ3) is 1.62. The quantitative estimate of drug-likeness (QED) is 0.730. The van der Waals surface area contributed by atoms with Crippen molar-refractivity contribution in [2.45, 2.75) is 6.92 Å². The van der Waals surface area contributed by atoms with Gasteiger partial charge in [0.15, 0.2) is 5.65 Å². The predicted molar refractivity (Wildman–Crippen MR) is 72.6 cm³/mol. The summed E-state index contributed by atoms with van der Waals surface area (Å²) in [7, 11) is 0. The maximum absolute atomic E-state index is 6.22. The van der Waals surface area contributed by atoms with Crippen LogP contribution >= 0.6 is 11.6 Å². The summed E-state index contributed by atoms with van der Waals surface area (Å²) in [6.45, 7) is 1.97. The smallest absolute Gasteiger partial charge is 0.240 e. The van der Waals surface area contributed by atoms with Gasteiger partial charge < -0.3 is 5.73 Å². The number of aromatic nitrogens is 3. The lowest BCUT2D eigenvalue weighted by Crippen LogP contribution is -1.97. The summed E-state index contributed by atoms with van der Waals surface area (Å²) >= 11 is 6.22. The van der Waals surface area contributed by atoms with Crippen molar-refractivity contribution >= 4 is 23.2 Å². The molecule has 0 saturated heterocycles. The molecule has 0 aliphatic rings. The minimum absolute atomic E-state index is 0.273. The number of pyridine rings is 1. The Bertz CT molecular complexity index is 733. The van der Waals surface area contributed by atoms with Gasteiger partial charge in [0.2, 0.25) is 5.95 Å². The van der Waals surface area contributed by atoms with E-state index in [1.807, 2.05) is 43.3 Å². The molecular formula is C13H11ClN4. The zero-order chi connectivity index (χ0) is 12.7. The number of halogens is 1. The number of benzene rings is 1. The Morgan fingerprint density at radius 3 is 2.67 bits per heavy atom. The van der Waals surface area contributed by atoms with E-state index in [2.05, 4.69) is 10.1 Å². The van der Waals surface area contributed by atoms with Gasteiger partial charge in [-0.2, -0.15) is 4.98 Å². The van der Waals surface area contributed by atoms with Gasteiger partial charge in [-0.25, -0.2) is 4.52 Å². The van der Waals surface area contributed by atoms with Gasteiger partial charge in [0.1, 0.15) is 0 Å². The van der Waals surface area contributed by atoms with E-state index in [9.17, 15) is 0 Å². The molecule has 0 aliphatic carbocycles. The number of hydrogen-bond donors (Lipinski definition) is 1. The summed E-state index contributed by atoms with van der Waals surface area (Å²) < 4.78 is 1.73. The molecule has 1 aromatic carbocycles. The molecule has 0 radical (unpaired) electrons. The molecule has 2 heterocycles. The Labute approximate surface area is 109 Å². The second-order valence-electron chi connectivity index (χ2n) is 4.05. The van der Waals surface area contributed by atoms with Gasteiger partial charge in [-0.15, -0.1) is 5.10 Å². The first-order valence-corrected chi connectivity index (χ1v) is 5.91. The highest BCUT2D eigenvalue weighted by Gasteiger charge is 2.10. The number of anilines is 1. The summed E-state index contributed by atoms with van der Waals surface area (Å²) in [5.74, 6) is 0.273. The number of fused-ring (bicyclic) bond motifs is 1. The lowest BCUT2D eigenvalue weighted by molar-refractivity contribution is 0.922. The standard InChI is InChI=1S/C13H11ClN4/c1-8-9(10-4-2-3-5-11(10)14)6-7-12-16-13(15)17-18(8)12/h2-7H,1H3,(H2,15,17). The SMILES string of the molecule is Cc1c(-c2ccccc2Cl)ccc2nc(N)nn12. The van der Waals surface area contributed by atoms with Crippen LogP contribution < -0.4 is 5.73 Å². The van der Waals surface area contributed by atoms with E-state index in [-0.39, 0.29) is 5.95 Å². The number of aryl methyl sites for hydroxylation is 1. The van der Waals surface area contributed by atoms with Crippen LogP contribution in [0.5, 0.6) is 0 Å². The maximum atomic E-state index is 6.22. The number of nitrogen functional groups attached to an aromatic ring is 1. The van der Waals surface area contributed by atoms with Crippen molar-refractivity contribution in [3.05, 3.63) is 47.1 Å². The van der Waals surface area contributed by atoms with Crippen LogP contribution in [0.25, 0.3) is 16.8 Å². The summed E-state index contributed by atoms with van der Waals surface area (Å²) in [6.07, 6.45) is 0. The molecule has 0 amide bonds. The van der Waals surface area contributed by atoms with E-state index >= 15 is 0 Å². The van der Waals surface area contributed by atoms with Gasteiger partial charge in [0.05, 0.1) is 0 Å². The van der Waals surface area contributed by atoms with E-state index in [0.29, 0.717) is 5.02 Å². The van der Waals surface area contributed by atoms with Crippen molar-refractivity contribution in [3.8, 4) is 11.1 Å². The highest BCUT2D eigenvalue weighted by atomic mass is 35.5. The van der Waals surface area contributed by atoms with Crippen LogP contribution in [-0.4, -0.2) is 14.6 Å². The monoisotopic (exact) mass is 258 g/mol. The predicted octanol–water partition coefficient (Wildman–Crippen LogP) is 2.94. The molecule has 0 atom stereocenters. The first-order valence-electron chi connectivity index (χ1n) is 5.53. The van der Waals surface area contributed by atoms with Crippen molar-refractivity contribution in [1.29, 1.82) is 0 Å². The molecule has 0 bridgehead atoms. The molecule has 2 N–H and O–H groups in total. The Kier molecular flexibility index (Phi) is 2.45. The molecule has 4 nitrogen and oxygen atoms in total. The van der Waals surface area contributed by atoms with Crippen molar-refractivity contribution < 1.29 is 0 Å². The minimum atomic E-state index is 0.273. The first-order chi connectivity index (χ1) is 8.66. The fourth-order valence-corrected chi connectivity index (χ4v) is 2.29. The van der Waals surface area contributed by atoms with E-state index in [1.165, 1.54) is 0 Å². The molecule has 18 heavy (non-hydrogen) atoms. The molecule has 3 rings (SSSR count). The number of rotatable bonds is 1. The van der Waals surface area contributed by atoms with Gasteiger partial charge in [-0.1, -0.05) is 29.8 Å². The normalized spacial score (nSPS) is 11.0. The third-order valence-corrected chi connectivity index (χ3v) is 3.25. The third-order valence-electron chi connectivity index (χ3n) is 2.92. The van der Waals surface area contributed by atoms with E-state index < -0.39 is 0 Å². The molecule has 90 valence electrons. The highest BCUT2D eigenvalue weighted by molar-refractivity contribution is 6.33. The number of hydrogen-bond acceptors (Lipinski definition) is 3. The van der Waals surface area contributed by atoms with Crippen molar-refractivity contribution in [3.63, 3.8) is 0 Å². The summed E-state index contributed by atoms with van der Waals surface area (Å²) in [5, 5.41) is 4.88. The van der Waals surface area contributed by atoms with Crippen LogP contribution in [0.1, 0.15) is 5.69 Å². The summed E-state index contributed by atoms with van der Waals surface area (Å²) in [5.41, 5.74) is 9.31. The Morgan fingerprint density at radius 1 is 1.11 bits per heavy atom. The summed E-state index contributed by atoms with van der Waals surface area (Å²) in [6, 6.07) is 11.6. The van der Waals surface area contributed by atoms with Crippen LogP contribution in [0.15, 0.2) is 36.4 Å². The minimum Gasteiger partial charge on any atom is -0.366 e. The largest absolute Gasteiger partial charge is 0.366 e. The van der Waals surface area contributed by atoms with E-state index in [0.717, 1.165) is 22.5 Å². The van der Waals surface area contributed by atoms with E-state index in [4.69, 9.17) is 17.3 Å². The Morgan fingerprint density at radius 2 is 1.89 bits per heavy atom. The molecule has 0 fully saturated rings. The number of nitrogens with two attached hydrogens (primary N) is 1. The Balaban J connectivity index is 2.30. The second-order valence-corrected chi connectivity index (χ2v) is 4.46. The van der Waals surface area contributed by atoms with Gasteiger partial charge in [-0.3, -0.25) is 0 Å². The molecule has 2 aromatic heterocycles. The molecular weight excluding hydrogens is 248 g/mol. The fraction of sp³-hybridized carbons (Fsp3) is 0.0769. The molecule has 0 aliphatic heterocycles. The van der Waals surface area contributed by atoms with Crippen LogP contribution in [-0.2, 0) is 0 Å². The average Bonchev–Trinajstić information content (AvgIpc) is 2.73. The lowest BCUT2D eigenvalue weighted by Gasteiger charge is -2.08. The van der Waals surface area contributed by atoms with Crippen molar-refractivity contribution in [2.24, 2.45) is 0 Å². The van der Waals surface area contributed by atoms with Crippen molar-refractivity contribution in [1.82, 2.24) is 14.6 Å². The zero-order valence-corrected chi connectivity index (χ0v) is 10.5. The lowest BCUT2D eigenvalue weighted by atomic mass is 10.0. The van der Waals surface area contributed by atoms with Crippen LogP contribution in [0.3, 0.4) is 0 Å². The maximum Gasteiger partial charge on any atom is 0.240 e. The van der Waals surface area contributed by atoms with E-state index in [1.54, 1.807) is 4.52 Å². The van der Waals surface area contributed by atoms with Crippen LogP contribution in [0.4, 0.5) is 5.95 Å². The average molecular weight is 259 g/mol. The number of nitrogens with zero attached hydrogens (tertiary/aromatic N) is 3. The van der Waals surface area contributed by atoms with Crippen LogP contribution in [0, 0.1) is 6.92 Å². The Hall–Kier alpha value is -2.07. The first kappa shape index (κ1) is 11.0. The van der Waals surface area contributed by atoms with Crippen LogP contribution in [0.2, 0.25) is 5.02 Å². The molecule has 5 heteroatoms.